The maximum atomic E-state index is 12.3. The summed E-state index contributed by atoms with van der Waals surface area (Å²) in [5.74, 6) is 1.09. The van der Waals surface area contributed by atoms with Crippen LogP contribution in [0.2, 0.25) is 0 Å². The minimum absolute atomic E-state index is 0.00186. The van der Waals surface area contributed by atoms with E-state index >= 15 is 0 Å². The number of nitrogens with one attached hydrogen (secondary N) is 1. The van der Waals surface area contributed by atoms with Crippen LogP contribution in [0.4, 0.5) is 5.69 Å². The summed E-state index contributed by atoms with van der Waals surface area (Å²) in [6.07, 6.45) is 0.845. The third kappa shape index (κ3) is 3.68. The maximum Gasteiger partial charge on any atom is 0.287 e. The van der Waals surface area contributed by atoms with Gasteiger partial charge in [0.2, 0.25) is 0 Å². The van der Waals surface area contributed by atoms with Crippen molar-refractivity contribution >= 4 is 17.5 Å². The number of carbonyl (C=O) groups is 2. The minimum Gasteiger partial charge on any atom is -0.482 e. The number of ether oxygens (including phenoxy) is 1. The molecule has 25 heavy (non-hydrogen) atoms. The van der Waals surface area contributed by atoms with Crippen molar-refractivity contribution in [3.63, 3.8) is 0 Å². The van der Waals surface area contributed by atoms with Gasteiger partial charge < -0.3 is 14.5 Å². The summed E-state index contributed by atoms with van der Waals surface area (Å²) in [5.41, 5.74) is 1.76. The Hall–Kier alpha value is -2.76. The van der Waals surface area contributed by atoms with E-state index in [2.05, 4.69) is 5.32 Å². The molecule has 132 valence electrons. The number of fused-ring (bicyclic) bond motifs is 1. The minimum atomic E-state index is -0.245. The number of amides is 2. The molecule has 1 atom stereocenters. The molecule has 0 saturated carbocycles. The van der Waals surface area contributed by atoms with E-state index in [4.69, 9.17) is 9.15 Å². The largest absolute Gasteiger partial charge is 0.482 e. The zero-order valence-corrected chi connectivity index (χ0v) is 14.7. The highest BCUT2D eigenvalue weighted by Crippen LogP contribution is 2.34. The molecule has 3 rings (SSSR count). The van der Waals surface area contributed by atoms with Crippen LogP contribution in [0.25, 0.3) is 0 Å². The molecule has 2 heterocycles. The van der Waals surface area contributed by atoms with Gasteiger partial charge in [-0.05, 0) is 50.1 Å². The lowest BCUT2D eigenvalue weighted by Crippen LogP contribution is -2.38. The van der Waals surface area contributed by atoms with Crippen LogP contribution < -0.4 is 15.0 Å². The van der Waals surface area contributed by atoms with E-state index in [0.717, 1.165) is 17.7 Å². The van der Waals surface area contributed by atoms with Crippen LogP contribution in [0.15, 0.2) is 34.7 Å². The number of benzene rings is 1. The van der Waals surface area contributed by atoms with Crippen molar-refractivity contribution in [2.24, 2.45) is 0 Å². The Balaban J connectivity index is 1.78. The van der Waals surface area contributed by atoms with Gasteiger partial charge >= 0.3 is 0 Å². The van der Waals surface area contributed by atoms with Gasteiger partial charge in [-0.3, -0.25) is 14.5 Å². The fraction of sp³-hybridized carbons (Fsp3) is 0.368. The number of anilines is 1. The van der Waals surface area contributed by atoms with Crippen LogP contribution >= 0.6 is 0 Å². The van der Waals surface area contributed by atoms with Gasteiger partial charge in [0.15, 0.2) is 12.4 Å². The molecule has 1 aromatic carbocycles. The van der Waals surface area contributed by atoms with Crippen LogP contribution in [0, 0.1) is 6.92 Å². The molecule has 0 fully saturated rings. The van der Waals surface area contributed by atoms with Gasteiger partial charge in [-0.2, -0.15) is 0 Å². The molecule has 0 aliphatic carbocycles. The predicted molar refractivity (Wildman–Crippen MR) is 93.8 cm³/mol. The van der Waals surface area contributed by atoms with Crippen LogP contribution in [0.5, 0.6) is 5.75 Å². The number of rotatable bonds is 5. The van der Waals surface area contributed by atoms with E-state index in [0.29, 0.717) is 11.5 Å². The average Bonchev–Trinajstić information content (AvgIpc) is 3.06. The van der Waals surface area contributed by atoms with Crippen molar-refractivity contribution in [2.75, 3.05) is 11.5 Å². The van der Waals surface area contributed by atoms with Gasteiger partial charge in [0, 0.05) is 6.04 Å². The number of aryl methyl sites for hydroxylation is 1. The van der Waals surface area contributed by atoms with Crippen molar-refractivity contribution in [3.8, 4) is 5.75 Å². The lowest BCUT2D eigenvalue weighted by molar-refractivity contribution is -0.121. The van der Waals surface area contributed by atoms with Crippen LogP contribution in [-0.2, 0) is 11.3 Å². The first-order valence-corrected chi connectivity index (χ1v) is 8.41. The predicted octanol–water partition coefficient (Wildman–Crippen LogP) is 3.04. The van der Waals surface area contributed by atoms with Crippen molar-refractivity contribution in [1.29, 1.82) is 0 Å². The van der Waals surface area contributed by atoms with E-state index < -0.39 is 0 Å². The molecule has 1 N–H and O–H groups in total. The normalized spacial score (nSPS) is 14.7. The molecule has 6 heteroatoms. The third-order valence-electron chi connectivity index (χ3n) is 4.25. The first kappa shape index (κ1) is 17.1. The molecule has 1 unspecified atom stereocenters. The van der Waals surface area contributed by atoms with Crippen molar-refractivity contribution in [3.05, 3.63) is 47.4 Å². The molecule has 1 aliphatic rings. The first-order chi connectivity index (χ1) is 12.0. The second-order valence-corrected chi connectivity index (χ2v) is 6.29. The molecule has 1 aliphatic heterocycles. The Morgan fingerprint density at radius 2 is 2.12 bits per heavy atom. The van der Waals surface area contributed by atoms with Gasteiger partial charge in [-0.1, -0.05) is 13.0 Å². The topological polar surface area (TPSA) is 71.8 Å². The van der Waals surface area contributed by atoms with Gasteiger partial charge in [-0.25, -0.2) is 0 Å². The van der Waals surface area contributed by atoms with E-state index in [9.17, 15) is 9.59 Å². The quantitative estimate of drug-likeness (QED) is 0.906. The highest BCUT2D eigenvalue weighted by atomic mass is 16.5. The molecule has 2 aromatic rings. The molecule has 2 amide bonds. The molecule has 6 nitrogen and oxygen atoms in total. The fourth-order valence-electron chi connectivity index (χ4n) is 2.62. The van der Waals surface area contributed by atoms with Crippen LogP contribution in [0.1, 0.15) is 42.1 Å². The molecular weight excluding hydrogens is 320 g/mol. The smallest absolute Gasteiger partial charge is 0.287 e. The fourth-order valence-corrected chi connectivity index (χ4v) is 2.62. The summed E-state index contributed by atoms with van der Waals surface area (Å²) in [7, 11) is 0. The Labute approximate surface area is 146 Å². The number of furan rings is 1. The zero-order valence-electron chi connectivity index (χ0n) is 14.7. The average molecular weight is 342 g/mol. The van der Waals surface area contributed by atoms with Gasteiger partial charge in [0.25, 0.3) is 11.8 Å². The highest BCUT2D eigenvalue weighted by Gasteiger charge is 2.27. The van der Waals surface area contributed by atoms with E-state index in [-0.39, 0.29) is 36.8 Å². The summed E-state index contributed by atoms with van der Waals surface area (Å²) in [4.78, 5) is 26.0. The lowest BCUT2D eigenvalue weighted by atomic mass is 10.1. The van der Waals surface area contributed by atoms with Gasteiger partial charge in [-0.15, -0.1) is 0 Å². The van der Waals surface area contributed by atoms with Crippen molar-refractivity contribution < 1.29 is 18.7 Å². The highest BCUT2D eigenvalue weighted by molar-refractivity contribution is 5.97. The van der Waals surface area contributed by atoms with Crippen LogP contribution in [-0.4, -0.2) is 24.5 Å². The second-order valence-electron chi connectivity index (χ2n) is 6.29. The summed E-state index contributed by atoms with van der Waals surface area (Å²) < 4.78 is 11.1. The Morgan fingerprint density at radius 3 is 2.88 bits per heavy atom. The van der Waals surface area contributed by atoms with E-state index in [1.807, 2.05) is 39.0 Å². The molecule has 0 radical (unpaired) electrons. The first-order valence-electron chi connectivity index (χ1n) is 8.41. The molecule has 0 saturated heterocycles. The van der Waals surface area contributed by atoms with Gasteiger partial charge in [0.05, 0.1) is 12.2 Å². The standard InChI is InChI=1S/C19H22N2O4/c1-4-13(3)20-19(23)17-8-6-14(25-17)10-21-15-9-12(2)5-7-16(15)24-11-18(21)22/h5-9,13H,4,10-11H2,1-3H3,(H,20,23). The third-order valence-corrected chi connectivity index (χ3v) is 4.25. The lowest BCUT2D eigenvalue weighted by Gasteiger charge is -2.29. The Bertz CT molecular complexity index is 796. The molecule has 0 bridgehead atoms. The summed E-state index contributed by atoms with van der Waals surface area (Å²) in [6.45, 7) is 6.16. The zero-order chi connectivity index (χ0) is 18.0. The second kappa shape index (κ2) is 7.01. The maximum absolute atomic E-state index is 12.3. The van der Waals surface area contributed by atoms with E-state index in [1.165, 1.54) is 0 Å². The molecular formula is C19H22N2O4. The number of carbonyl (C=O) groups excluding carboxylic acids is 2. The summed E-state index contributed by atoms with van der Waals surface area (Å²) in [6, 6.07) is 9.15. The van der Waals surface area contributed by atoms with Crippen molar-refractivity contribution in [1.82, 2.24) is 5.32 Å². The SMILES string of the molecule is CCC(C)NC(=O)c1ccc(CN2C(=O)COc3ccc(C)cc32)o1. The Kier molecular flexibility index (Phi) is 4.79. The van der Waals surface area contributed by atoms with Gasteiger partial charge in [0.1, 0.15) is 11.5 Å². The summed E-state index contributed by atoms with van der Waals surface area (Å²) in [5, 5.41) is 2.86. The number of hydrogen-bond acceptors (Lipinski definition) is 4. The number of nitrogens with zero attached hydrogens (tertiary/aromatic N) is 1. The Morgan fingerprint density at radius 1 is 1.32 bits per heavy atom. The molecule has 1 aromatic heterocycles. The number of hydrogen-bond donors (Lipinski definition) is 1. The monoisotopic (exact) mass is 342 g/mol. The van der Waals surface area contributed by atoms with Crippen molar-refractivity contribution in [2.45, 2.75) is 39.8 Å². The van der Waals surface area contributed by atoms with E-state index in [1.54, 1.807) is 17.0 Å². The van der Waals surface area contributed by atoms with Crippen LogP contribution in [0.3, 0.4) is 0 Å². The molecule has 0 spiro atoms. The summed E-state index contributed by atoms with van der Waals surface area (Å²) >= 11 is 0.